The van der Waals surface area contributed by atoms with E-state index in [4.69, 9.17) is 20.8 Å². The van der Waals surface area contributed by atoms with Crippen LogP contribution in [0.15, 0.2) is 28.9 Å². The molecule has 1 aromatic heterocycles. The van der Waals surface area contributed by atoms with Crippen molar-refractivity contribution in [2.45, 2.75) is 69.9 Å². The van der Waals surface area contributed by atoms with Crippen LogP contribution in [0.5, 0.6) is 5.75 Å². The lowest BCUT2D eigenvalue weighted by molar-refractivity contribution is -0.128. The van der Waals surface area contributed by atoms with Crippen molar-refractivity contribution in [2.24, 2.45) is 5.92 Å². The van der Waals surface area contributed by atoms with E-state index in [9.17, 15) is 14.0 Å². The minimum atomic E-state index is -0.592. The lowest BCUT2D eigenvalue weighted by Gasteiger charge is -2.57. The van der Waals surface area contributed by atoms with E-state index in [1.807, 2.05) is 13.8 Å². The maximum Gasteiger partial charge on any atom is 0.273 e. The number of halogens is 2. The molecule has 0 aliphatic heterocycles. The van der Waals surface area contributed by atoms with Gasteiger partial charge in [-0.15, -0.1) is 0 Å². The van der Waals surface area contributed by atoms with E-state index in [2.05, 4.69) is 22.5 Å². The number of aromatic nitrogens is 1. The fourth-order valence-corrected chi connectivity index (χ4v) is 5.19. The van der Waals surface area contributed by atoms with Crippen LogP contribution < -0.4 is 15.4 Å². The number of nitrogens with zero attached hydrogens (tertiary/aromatic N) is 1. The van der Waals surface area contributed by atoms with Crippen molar-refractivity contribution in [1.29, 1.82) is 0 Å². The molecular formula is C24H29ClFN3O4. The maximum absolute atomic E-state index is 13.6. The molecule has 3 aliphatic carbocycles. The largest absolute Gasteiger partial charge is 0.484 e. The molecule has 178 valence electrons. The smallest absolute Gasteiger partial charge is 0.273 e. The summed E-state index contributed by atoms with van der Waals surface area (Å²) < 4.78 is 24.4. The fraction of sp³-hybridized carbons (Fsp3) is 0.542. The molecule has 1 unspecified atom stereocenters. The van der Waals surface area contributed by atoms with Gasteiger partial charge in [0.15, 0.2) is 18.2 Å². The Morgan fingerprint density at radius 2 is 2.00 bits per heavy atom. The molecule has 2 amide bonds. The molecule has 5 rings (SSSR count). The first-order valence-corrected chi connectivity index (χ1v) is 11.7. The third kappa shape index (κ3) is 4.86. The normalized spacial score (nSPS) is 26.3. The van der Waals surface area contributed by atoms with E-state index >= 15 is 0 Å². The predicted molar refractivity (Wildman–Crippen MR) is 121 cm³/mol. The second kappa shape index (κ2) is 8.97. The zero-order valence-electron chi connectivity index (χ0n) is 19.0. The van der Waals surface area contributed by atoms with Gasteiger partial charge in [0.1, 0.15) is 17.8 Å². The van der Waals surface area contributed by atoms with Crippen LogP contribution in [0.4, 0.5) is 4.39 Å². The maximum atomic E-state index is 13.6. The molecule has 2 bridgehead atoms. The van der Waals surface area contributed by atoms with Gasteiger partial charge in [-0.2, -0.15) is 0 Å². The number of carbonyl (C=O) groups excluding carboxylic acids is 2. The zero-order chi connectivity index (χ0) is 23.8. The molecule has 2 aromatic rings. The molecule has 0 radical (unpaired) electrons. The summed E-state index contributed by atoms with van der Waals surface area (Å²) in [7, 11) is 0. The second-order valence-electron chi connectivity index (χ2n) is 9.63. The molecule has 33 heavy (non-hydrogen) atoms. The molecule has 3 fully saturated rings. The Labute approximate surface area is 197 Å². The first kappa shape index (κ1) is 23.5. The van der Waals surface area contributed by atoms with Gasteiger partial charge < -0.3 is 19.8 Å². The van der Waals surface area contributed by atoms with Gasteiger partial charge in [0.2, 0.25) is 0 Å². The Hall–Kier alpha value is -2.61. The van der Waals surface area contributed by atoms with Crippen LogP contribution >= 0.6 is 11.6 Å². The molecule has 0 saturated heterocycles. The SMILES string of the molecule is CC(C)c1nc(C(=O)NC23CCC(NC(=O)COc4ccc(Cl)c(F)c4)(CC2)C(C)C3)co1. The number of benzene rings is 1. The summed E-state index contributed by atoms with van der Waals surface area (Å²) in [5, 5.41) is 6.36. The summed E-state index contributed by atoms with van der Waals surface area (Å²) in [6, 6.07) is 4.08. The minimum Gasteiger partial charge on any atom is -0.484 e. The van der Waals surface area contributed by atoms with Crippen molar-refractivity contribution in [1.82, 2.24) is 15.6 Å². The van der Waals surface area contributed by atoms with E-state index in [0.717, 1.165) is 38.2 Å². The van der Waals surface area contributed by atoms with Crippen molar-refractivity contribution in [3.05, 3.63) is 46.9 Å². The molecule has 3 saturated carbocycles. The Morgan fingerprint density at radius 3 is 2.61 bits per heavy atom. The highest BCUT2D eigenvalue weighted by atomic mass is 35.5. The average Bonchev–Trinajstić information content (AvgIpc) is 3.27. The summed E-state index contributed by atoms with van der Waals surface area (Å²) in [4.78, 5) is 29.7. The average molecular weight is 478 g/mol. The van der Waals surface area contributed by atoms with Crippen LogP contribution in [-0.4, -0.2) is 34.5 Å². The summed E-state index contributed by atoms with van der Waals surface area (Å²) in [6.07, 6.45) is 5.21. The van der Waals surface area contributed by atoms with E-state index in [0.29, 0.717) is 11.6 Å². The molecule has 0 spiro atoms. The summed E-state index contributed by atoms with van der Waals surface area (Å²) in [6.45, 7) is 5.81. The second-order valence-corrected chi connectivity index (χ2v) is 10.0. The lowest BCUT2D eigenvalue weighted by atomic mass is 9.56. The van der Waals surface area contributed by atoms with Crippen LogP contribution in [0.3, 0.4) is 0 Å². The van der Waals surface area contributed by atoms with Crippen LogP contribution in [0.1, 0.15) is 75.2 Å². The van der Waals surface area contributed by atoms with Gasteiger partial charge >= 0.3 is 0 Å². The van der Waals surface area contributed by atoms with E-state index in [1.165, 1.54) is 18.4 Å². The number of nitrogens with one attached hydrogen (secondary N) is 2. The summed E-state index contributed by atoms with van der Waals surface area (Å²) in [5.41, 5.74) is -0.346. The monoisotopic (exact) mass is 477 g/mol. The molecule has 3 aliphatic rings. The van der Waals surface area contributed by atoms with Crippen molar-refractivity contribution in [3.63, 3.8) is 0 Å². The minimum absolute atomic E-state index is 0.00316. The van der Waals surface area contributed by atoms with Gasteiger partial charge in [0.25, 0.3) is 11.8 Å². The molecule has 1 atom stereocenters. The number of carbonyl (C=O) groups is 2. The summed E-state index contributed by atoms with van der Waals surface area (Å²) in [5.74, 6) is 0.00981. The standard InChI is InChI=1S/C24H29ClFN3O4/c1-14(2)22-27-19(12-33-22)21(31)29-23-6-8-24(9-7-23,15(3)11-23)28-20(30)13-32-16-4-5-17(25)18(26)10-16/h4-5,10,12,14-15H,6-9,11,13H2,1-3H3,(H,28,30)(H,29,31). The predicted octanol–water partition coefficient (Wildman–Crippen LogP) is 4.61. The molecule has 1 heterocycles. The highest BCUT2D eigenvalue weighted by Gasteiger charge is 2.54. The number of oxazole rings is 1. The van der Waals surface area contributed by atoms with Crippen molar-refractivity contribution in [2.75, 3.05) is 6.61 Å². The van der Waals surface area contributed by atoms with Crippen LogP contribution in [-0.2, 0) is 4.79 Å². The highest BCUT2D eigenvalue weighted by molar-refractivity contribution is 6.30. The number of ether oxygens (including phenoxy) is 1. The van der Waals surface area contributed by atoms with E-state index < -0.39 is 5.82 Å². The van der Waals surface area contributed by atoms with E-state index in [-0.39, 0.29) is 52.1 Å². The van der Waals surface area contributed by atoms with Gasteiger partial charge in [0.05, 0.1) is 5.02 Å². The number of fused-ring (bicyclic) bond motifs is 3. The molecule has 2 N–H and O–H groups in total. The van der Waals surface area contributed by atoms with E-state index in [1.54, 1.807) is 0 Å². The third-order valence-electron chi connectivity index (χ3n) is 7.02. The summed E-state index contributed by atoms with van der Waals surface area (Å²) >= 11 is 5.68. The highest BCUT2D eigenvalue weighted by Crippen LogP contribution is 2.50. The fourth-order valence-electron chi connectivity index (χ4n) is 5.07. The molecule has 9 heteroatoms. The van der Waals surface area contributed by atoms with Gasteiger partial charge in [-0.25, -0.2) is 9.37 Å². The topological polar surface area (TPSA) is 93.5 Å². The van der Waals surface area contributed by atoms with Gasteiger partial charge in [-0.05, 0) is 50.2 Å². The Balaban J connectivity index is 1.34. The molecular weight excluding hydrogens is 449 g/mol. The van der Waals surface area contributed by atoms with Crippen LogP contribution in [0.2, 0.25) is 5.02 Å². The van der Waals surface area contributed by atoms with Crippen molar-refractivity contribution in [3.8, 4) is 5.75 Å². The van der Waals surface area contributed by atoms with Crippen LogP contribution in [0.25, 0.3) is 0 Å². The quantitative estimate of drug-likeness (QED) is 0.607. The van der Waals surface area contributed by atoms with Gasteiger partial charge in [-0.1, -0.05) is 32.4 Å². The van der Waals surface area contributed by atoms with Crippen LogP contribution in [0, 0.1) is 11.7 Å². The number of amides is 2. The molecule has 1 aromatic carbocycles. The Bertz CT molecular complexity index is 1050. The third-order valence-corrected chi connectivity index (χ3v) is 7.32. The van der Waals surface area contributed by atoms with Gasteiger partial charge in [-0.3, -0.25) is 9.59 Å². The Morgan fingerprint density at radius 1 is 1.27 bits per heavy atom. The molecule has 7 nitrogen and oxygen atoms in total. The number of hydrogen-bond acceptors (Lipinski definition) is 5. The Kier molecular flexibility index (Phi) is 6.40. The first-order valence-electron chi connectivity index (χ1n) is 11.3. The first-order chi connectivity index (χ1) is 15.6. The van der Waals surface area contributed by atoms with Crippen molar-refractivity contribution < 1.29 is 23.1 Å². The van der Waals surface area contributed by atoms with Crippen molar-refractivity contribution >= 4 is 23.4 Å². The van der Waals surface area contributed by atoms with Gasteiger partial charge in [0, 0.05) is 23.1 Å². The lowest BCUT2D eigenvalue weighted by Crippen LogP contribution is -2.67. The zero-order valence-corrected chi connectivity index (χ0v) is 19.8. The number of rotatable bonds is 7. The number of hydrogen-bond donors (Lipinski definition) is 2.